The number of hydrogen-bond donors (Lipinski definition) is 0. The van der Waals surface area contributed by atoms with Crippen molar-refractivity contribution in [3.63, 3.8) is 0 Å². The predicted octanol–water partition coefficient (Wildman–Crippen LogP) is 2.18. The lowest BCUT2D eigenvalue weighted by Gasteiger charge is -2.28. The Morgan fingerprint density at radius 3 is 2.90 bits per heavy atom. The fourth-order valence-electron chi connectivity index (χ4n) is 2.87. The lowest BCUT2D eigenvalue weighted by atomic mass is 10.2. The van der Waals surface area contributed by atoms with Gasteiger partial charge in [0.1, 0.15) is 5.82 Å². The van der Waals surface area contributed by atoms with Gasteiger partial charge in [-0.1, -0.05) is 6.92 Å². The first-order valence-electron chi connectivity index (χ1n) is 7.74. The van der Waals surface area contributed by atoms with Crippen molar-refractivity contribution in [1.29, 1.82) is 0 Å². The standard InChI is InChI=1S/C16H25N3O2/c1-4-19-10-6-7-14(19)12-18(3)15-9-8-13(11-17-15)16(20)21-5-2/h8-9,11,14H,4-7,10,12H2,1-3H3. The highest BCUT2D eigenvalue weighted by molar-refractivity contribution is 5.89. The number of esters is 1. The highest BCUT2D eigenvalue weighted by Gasteiger charge is 2.24. The lowest BCUT2D eigenvalue weighted by Crippen LogP contribution is -2.39. The van der Waals surface area contributed by atoms with E-state index in [0.717, 1.165) is 18.9 Å². The second kappa shape index (κ2) is 7.41. The van der Waals surface area contributed by atoms with Crippen molar-refractivity contribution < 1.29 is 9.53 Å². The Hall–Kier alpha value is -1.62. The molecule has 116 valence electrons. The second-order valence-corrected chi connectivity index (χ2v) is 5.43. The summed E-state index contributed by atoms with van der Waals surface area (Å²) in [6, 6.07) is 4.27. The Kier molecular flexibility index (Phi) is 5.56. The molecule has 1 saturated heterocycles. The third kappa shape index (κ3) is 3.94. The van der Waals surface area contributed by atoms with E-state index in [1.54, 1.807) is 19.2 Å². The Labute approximate surface area is 126 Å². The molecule has 0 amide bonds. The quantitative estimate of drug-likeness (QED) is 0.752. The molecule has 1 atom stereocenters. The fraction of sp³-hybridized carbons (Fsp3) is 0.625. The van der Waals surface area contributed by atoms with Crippen molar-refractivity contribution in [3.8, 4) is 0 Å². The van der Waals surface area contributed by atoms with Gasteiger partial charge in [0.15, 0.2) is 0 Å². The van der Waals surface area contributed by atoms with E-state index in [2.05, 4.69) is 28.8 Å². The number of carbonyl (C=O) groups excluding carboxylic acids is 1. The van der Waals surface area contributed by atoms with Crippen LogP contribution in [0.4, 0.5) is 5.82 Å². The van der Waals surface area contributed by atoms with Gasteiger partial charge in [-0.15, -0.1) is 0 Å². The first kappa shape index (κ1) is 15.8. The summed E-state index contributed by atoms with van der Waals surface area (Å²) in [6.07, 6.45) is 4.12. The molecule has 2 heterocycles. The Morgan fingerprint density at radius 1 is 1.48 bits per heavy atom. The number of aromatic nitrogens is 1. The highest BCUT2D eigenvalue weighted by atomic mass is 16.5. The van der Waals surface area contributed by atoms with Crippen LogP contribution in [0.3, 0.4) is 0 Å². The van der Waals surface area contributed by atoms with Gasteiger partial charge in [-0.25, -0.2) is 9.78 Å². The number of likely N-dealkylation sites (tertiary alicyclic amines) is 1. The monoisotopic (exact) mass is 291 g/mol. The van der Waals surface area contributed by atoms with Crippen LogP contribution in [0.15, 0.2) is 18.3 Å². The van der Waals surface area contributed by atoms with Gasteiger partial charge in [-0.3, -0.25) is 4.90 Å². The maximum absolute atomic E-state index is 11.6. The Balaban J connectivity index is 1.96. The van der Waals surface area contributed by atoms with E-state index < -0.39 is 0 Å². The lowest BCUT2D eigenvalue weighted by molar-refractivity contribution is 0.0526. The summed E-state index contributed by atoms with van der Waals surface area (Å²) in [6.45, 7) is 7.67. The highest BCUT2D eigenvalue weighted by Crippen LogP contribution is 2.19. The zero-order chi connectivity index (χ0) is 15.2. The van der Waals surface area contributed by atoms with E-state index in [1.165, 1.54) is 19.4 Å². The van der Waals surface area contributed by atoms with Crippen molar-refractivity contribution in [1.82, 2.24) is 9.88 Å². The smallest absolute Gasteiger partial charge is 0.339 e. The third-order valence-electron chi connectivity index (χ3n) is 4.04. The first-order valence-corrected chi connectivity index (χ1v) is 7.74. The minimum absolute atomic E-state index is 0.313. The molecule has 1 aromatic heterocycles. The maximum Gasteiger partial charge on any atom is 0.339 e. The number of anilines is 1. The van der Waals surface area contributed by atoms with Crippen molar-refractivity contribution in [2.75, 3.05) is 38.2 Å². The molecule has 0 N–H and O–H groups in total. The van der Waals surface area contributed by atoms with Crippen molar-refractivity contribution in [3.05, 3.63) is 23.9 Å². The van der Waals surface area contributed by atoms with Gasteiger partial charge in [0, 0.05) is 25.8 Å². The summed E-state index contributed by atoms with van der Waals surface area (Å²) in [4.78, 5) is 20.7. The molecule has 5 heteroatoms. The van der Waals surface area contributed by atoms with Gasteiger partial charge in [0.05, 0.1) is 12.2 Å². The predicted molar refractivity (Wildman–Crippen MR) is 83.7 cm³/mol. The largest absolute Gasteiger partial charge is 0.462 e. The van der Waals surface area contributed by atoms with E-state index in [0.29, 0.717) is 18.2 Å². The molecule has 21 heavy (non-hydrogen) atoms. The molecule has 2 rings (SSSR count). The molecular weight excluding hydrogens is 266 g/mol. The van der Waals surface area contributed by atoms with E-state index >= 15 is 0 Å². The zero-order valence-electron chi connectivity index (χ0n) is 13.2. The van der Waals surface area contributed by atoms with E-state index in [1.807, 2.05) is 6.07 Å². The van der Waals surface area contributed by atoms with Crippen molar-refractivity contribution in [2.45, 2.75) is 32.7 Å². The molecular formula is C16H25N3O2. The first-order chi connectivity index (χ1) is 10.2. The van der Waals surface area contributed by atoms with Gasteiger partial charge in [-0.05, 0) is 45.0 Å². The normalized spacial score (nSPS) is 18.7. The fourth-order valence-corrected chi connectivity index (χ4v) is 2.87. The van der Waals surface area contributed by atoms with Gasteiger partial charge in [-0.2, -0.15) is 0 Å². The molecule has 5 nitrogen and oxygen atoms in total. The van der Waals surface area contributed by atoms with Crippen LogP contribution in [-0.2, 0) is 4.74 Å². The SMILES string of the molecule is CCOC(=O)c1ccc(N(C)CC2CCCN2CC)nc1. The van der Waals surface area contributed by atoms with Crippen LogP contribution in [0.25, 0.3) is 0 Å². The summed E-state index contributed by atoms with van der Waals surface area (Å²) in [5.74, 6) is 0.582. The van der Waals surface area contributed by atoms with Crippen molar-refractivity contribution in [2.24, 2.45) is 0 Å². The molecule has 0 aromatic carbocycles. The Bertz CT molecular complexity index is 461. The van der Waals surface area contributed by atoms with Crippen molar-refractivity contribution >= 4 is 11.8 Å². The summed E-state index contributed by atoms with van der Waals surface area (Å²) in [5.41, 5.74) is 0.505. The van der Waals surface area contributed by atoms with E-state index in [4.69, 9.17) is 4.74 Å². The van der Waals surface area contributed by atoms with Crippen LogP contribution in [-0.4, -0.2) is 55.2 Å². The van der Waals surface area contributed by atoms with Crippen LogP contribution >= 0.6 is 0 Å². The number of pyridine rings is 1. The van der Waals surface area contributed by atoms with Crippen LogP contribution in [0.1, 0.15) is 37.0 Å². The van der Waals surface area contributed by atoms with Gasteiger partial charge in [0.2, 0.25) is 0 Å². The molecule has 1 aliphatic rings. The van der Waals surface area contributed by atoms with Crippen LogP contribution < -0.4 is 4.90 Å². The van der Waals surface area contributed by atoms with E-state index in [9.17, 15) is 4.79 Å². The number of ether oxygens (including phenoxy) is 1. The summed E-state index contributed by atoms with van der Waals surface area (Å²) < 4.78 is 4.97. The molecule has 0 saturated carbocycles. The summed E-state index contributed by atoms with van der Waals surface area (Å²) >= 11 is 0. The Morgan fingerprint density at radius 2 is 2.29 bits per heavy atom. The molecule has 1 fully saturated rings. The number of hydrogen-bond acceptors (Lipinski definition) is 5. The molecule has 1 unspecified atom stereocenters. The topological polar surface area (TPSA) is 45.7 Å². The minimum Gasteiger partial charge on any atom is -0.462 e. The minimum atomic E-state index is -0.313. The number of carbonyl (C=O) groups is 1. The number of nitrogens with zero attached hydrogens (tertiary/aromatic N) is 3. The molecule has 1 aromatic rings. The van der Waals surface area contributed by atoms with Gasteiger partial charge < -0.3 is 9.64 Å². The van der Waals surface area contributed by atoms with Gasteiger partial charge >= 0.3 is 5.97 Å². The van der Waals surface area contributed by atoms with Crippen LogP contribution in [0.2, 0.25) is 0 Å². The second-order valence-electron chi connectivity index (χ2n) is 5.43. The molecule has 1 aliphatic heterocycles. The molecule has 0 aliphatic carbocycles. The maximum atomic E-state index is 11.6. The molecule has 0 spiro atoms. The van der Waals surface area contributed by atoms with Crippen LogP contribution in [0, 0.1) is 0 Å². The van der Waals surface area contributed by atoms with Crippen LogP contribution in [0.5, 0.6) is 0 Å². The van der Waals surface area contributed by atoms with E-state index in [-0.39, 0.29) is 5.97 Å². The molecule has 0 radical (unpaired) electrons. The number of likely N-dealkylation sites (N-methyl/N-ethyl adjacent to an activating group) is 2. The summed E-state index contributed by atoms with van der Waals surface area (Å²) in [5, 5.41) is 0. The third-order valence-corrected chi connectivity index (χ3v) is 4.04. The average Bonchev–Trinajstić information content (AvgIpc) is 2.94. The number of rotatable bonds is 6. The van der Waals surface area contributed by atoms with Gasteiger partial charge in [0.25, 0.3) is 0 Å². The average molecular weight is 291 g/mol. The summed E-state index contributed by atoms with van der Waals surface area (Å²) in [7, 11) is 2.05. The zero-order valence-corrected chi connectivity index (χ0v) is 13.2. The molecule has 0 bridgehead atoms.